The van der Waals surface area contributed by atoms with Crippen molar-refractivity contribution in [2.24, 2.45) is 0 Å². The Bertz CT molecular complexity index is 1230. The molecule has 9 heteroatoms. The van der Waals surface area contributed by atoms with Gasteiger partial charge in [-0.15, -0.1) is 22.0 Å². The van der Waals surface area contributed by atoms with E-state index < -0.39 is 0 Å². The Morgan fingerprint density at radius 2 is 1.71 bits per heavy atom. The van der Waals surface area contributed by atoms with Gasteiger partial charge >= 0.3 is 0 Å². The van der Waals surface area contributed by atoms with E-state index in [1.807, 2.05) is 59.2 Å². The summed E-state index contributed by atoms with van der Waals surface area (Å²) in [5.74, 6) is 1.12. The third-order valence-electron chi connectivity index (χ3n) is 4.79. The normalized spacial score (nSPS) is 10.9. The van der Waals surface area contributed by atoms with Gasteiger partial charge in [0.1, 0.15) is 12.4 Å². The zero-order valence-electron chi connectivity index (χ0n) is 18.5. The summed E-state index contributed by atoms with van der Waals surface area (Å²) in [6, 6.07) is 23.8. The molecule has 1 heterocycles. The molecule has 1 amide bonds. The molecule has 0 aliphatic heterocycles. The van der Waals surface area contributed by atoms with E-state index in [9.17, 15) is 9.18 Å². The number of nitrogens with zero attached hydrogens (tertiary/aromatic N) is 3. The van der Waals surface area contributed by atoms with E-state index in [0.717, 1.165) is 21.8 Å². The van der Waals surface area contributed by atoms with E-state index in [2.05, 4.69) is 15.5 Å². The van der Waals surface area contributed by atoms with Crippen LogP contribution in [0.15, 0.2) is 88.9 Å². The lowest BCUT2D eigenvalue weighted by molar-refractivity contribution is -0.113. The van der Waals surface area contributed by atoms with Gasteiger partial charge in [0.05, 0.1) is 11.4 Å². The first kappa shape index (κ1) is 24.0. The van der Waals surface area contributed by atoms with Crippen molar-refractivity contribution >= 4 is 35.1 Å². The number of para-hydroxylation sites is 2. The highest BCUT2D eigenvalue weighted by Gasteiger charge is 2.16. The number of hydrogen-bond donors (Lipinski definition) is 1. The van der Waals surface area contributed by atoms with Crippen LogP contribution in [0.3, 0.4) is 0 Å². The zero-order valence-corrected chi connectivity index (χ0v) is 20.1. The van der Waals surface area contributed by atoms with Gasteiger partial charge in [0.15, 0.2) is 11.0 Å². The third kappa shape index (κ3) is 6.25. The average molecular weight is 495 g/mol. The number of carbonyl (C=O) groups excluding carboxylic acids is 1. The molecule has 0 aliphatic carbocycles. The summed E-state index contributed by atoms with van der Waals surface area (Å²) in [5.41, 5.74) is 2.66. The van der Waals surface area contributed by atoms with Crippen molar-refractivity contribution in [1.29, 1.82) is 0 Å². The van der Waals surface area contributed by atoms with E-state index >= 15 is 0 Å². The second kappa shape index (κ2) is 11.8. The maximum Gasteiger partial charge on any atom is 0.234 e. The van der Waals surface area contributed by atoms with Crippen LogP contribution in [0, 0.1) is 5.82 Å². The molecule has 34 heavy (non-hydrogen) atoms. The molecule has 0 unspecified atom stereocenters. The maximum absolute atomic E-state index is 13.1. The smallest absolute Gasteiger partial charge is 0.234 e. The van der Waals surface area contributed by atoms with Gasteiger partial charge in [-0.25, -0.2) is 4.39 Å². The Kier molecular flexibility index (Phi) is 8.35. The quantitative estimate of drug-likeness (QED) is 0.291. The number of anilines is 1. The minimum Gasteiger partial charge on any atom is -0.377 e. The molecular formula is C25H23FN4O2S2. The van der Waals surface area contributed by atoms with Crippen molar-refractivity contribution < 1.29 is 13.9 Å². The number of methoxy groups -OCH3 is 1. The average Bonchev–Trinajstić information content (AvgIpc) is 3.26. The summed E-state index contributed by atoms with van der Waals surface area (Å²) in [4.78, 5) is 13.7. The predicted molar refractivity (Wildman–Crippen MR) is 134 cm³/mol. The minimum atomic E-state index is -0.253. The first-order chi connectivity index (χ1) is 16.6. The van der Waals surface area contributed by atoms with Crippen LogP contribution in [0.25, 0.3) is 5.69 Å². The maximum atomic E-state index is 13.1. The monoisotopic (exact) mass is 494 g/mol. The molecule has 0 radical (unpaired) electrons. The fourth-order valence-electron chi connectivity index (χ4n) is 3.21. The first-order valence-electron chi connectivity index (χ1n) is 10.5. The standard InChI is InChI=1S/C25H23FN4O2S2/c1-32-15-23-28-29-25(30(23)20-7-3-2-4-8-20)34-17-24(31)27-21-9-5-6-10-22(21)33-16-18-11-13-19(26)14-12-18/h2-14H,15-17H2,1H3,(H,27,31). The second-order valence-corrected chi connectivity index (χ2v) is 9.21. The Hall–Kier alpha value is -3.14. The van der Waals surface area contributed by atoms with Gasteiger partial charge in [-0.05, 0) is 42.0 Å². The summed E-state index contributed by atoms with van der Waals surface area (Å²) in [7, 11) is 1.61. The van der Waals surface area contributed by atoms with Crippen LogP contribution in [0.4, 0.5) is 10.1 Å². The van der Waals surface area contributed by atoms with Crippen molar-refractivity contribution in [3.05, 3.63) is 96.1 Å². The molecule has 4 rings (SSSR count). The van der Waals surface area contributed by atoms with Gasteiger partial charge in [-0.3, -0.25) is 9.36 Å². The Labute approximate surface area is 205 Å². The number of nitrogens with one attached hydrogen (secondary N) is 1. The van der Waals surface area contributed by atoms with E-state index in [0.29, 0.717) is 23.3 Å². The van der Waals surface area contributed by atoms with Crippen molar-refractivity contribution in [2.75, 3.05) is 18.2 Å². The summed E-state index contributed by atoms with van der Waals surface area (Å²) in [6.45, 7) is 0.313. The highest BCUT2D eigenvalue weighted by Crippen LogP contribution is 2.30. The molecule has 3 aromatic carbocycles. The van der Waals surface area contributed by atoms with Crippen LogP contribution in [-0.4, -0.2) is 33.5 Å². The molecule has 0 spiro atoms. The molecule has 1 N–H and O–H groups in total. The fraction of sp³-hybridized carbons (Fsp3) is 0.160. The minimum absolute atomic E-state index is 0.143. The molecule has 0 saturated carbocycles. The summed E-state index contributed by atoms with van der Waals surface area (Å²) in [5, 5.41) is 12.1. The van der Waals surface area contributed by atoms with Crippen molar-refractivity contribution in [2.45, 2.75) is 22.4 Å². The Morgan fingerprint density at radius 1 is 0.971 bits per heavy atom. The molecule has 0 bridgehead atoms. The number of carbonyl (C=O) groups is 1. The number of amides is 1. The third-order valence-corrected chi connectivity index (χ3v) is 6.86. The zero-order chi connectivity index (χ0) is 23.8. The lowest BCUT2D eigenvalue weighted by Crippen LogP contribution is -2.15. The van der Waals surface area contributed by atoms with E-state index in [1.54, 1.807) is 31.0 Å². The number of hydrogen-bond acceptors (Lipinski definition) is 6. The number of ether oxygens (including phenoxy) is 1. The van der Waals surface area contributed by atoms with Gasteiger partial charge in [0.2, 0.25) is 5.91 Å². The highest BCUT2D eigenvalue weighted by atomic mass is 32.2. The Morgan fingerprint density at radius 3 is 2.47 bits per heavy atom. The van der Waals surface area contributed by atoms with Gasteiger partial charge < -0.3 is 10.1 Å². The Balaban J connectivity index is 1.41. The van der Waals surface area contributed by atoms with Crippen LogP contribution in [-0.2, 0) is 21.9 Å². The number of thioether (sulfide) groups is 2. The van der Waals surface area contributed by atoms with Crippen LogP contribution >= 0.6 is 23.5 Å². The molecule has 1 aromatic heterocycles. The number of halogens is 1. The second-order valence-electron chi connectivity index (χ2n) is 7.25. The first-order valence-corrected chi connectivity index (χ1v) is 12.5. The van der Waals surface area contributed by atoms with E-state index in [-0.39, 0.29) is 17.5 Å². The number of benzene rings is 3. The van der Waals surface area contributed by atoms with Crippen molar-refractivity contribution in [3.8, 4) is 5.69 Å². The van der Waals surface area contributed by atoms with Crippen LogP contribution < -0.4 is 5.32 Å². The molecule has 4 aromatic rings. The van der Waals surface area contributed by atoms with E-state index in [4.69, 9.17) is 4.74 Å². The molecule has 0 aliphatic rings. The van der Waals surface area contributed by atoms with Gasteiger partial charge in [0.25, 0.3) is 0 Å². The number of aromatic nitrogens is 3. The summed E-state index contributed by atoms with van der Waals surface area (Å²) < 4.78 is 20.3. The molecule has 0 saturated heterocycles. The summed E-state index contributed by atoms with van der Waals surface area (Å²) in [6.07, 6.45) is 0. The predicted octanol–water partition coefficient (Wildman–Crippen LogP) is 5.58. The molecule has 0 fully saturated rings. The largest absolute Gasteiger partial charge is 0.377 e. The van der Waals surface area contributed by atoms with Crippen LogP contribution in [0.5, 0.6) is 0 Å². The number of rotatable bonds is 10. The van der Waals surface area contributed by atoms with Gasteiger partial charge in [0, 0.05) is 23.4 Å². The lowest BCUT2D eigenvalue weighted by atomic mass is 10.2. The fourth-order valence-corrected chi connectivity index (χ4v) is 4.94. The van der Waals surface area contributed by atoms with Crippen LogP contribution in [0.1, 0.15) is 11.4 Å². The molecular weight excluding hydrogens is 471 g/mol. The van der Waals surface area contributed by atoms with Crippen molar-refractivity contribution in [3.63, 3.8) is 0 Å². The molecule has 0 atom stereocenters. The SMILES string of the molecule is COCc1nnc(SCC(=O)Nc2ccccc2SCc2ccc(F)cc2)n1-c1ccccc1. The molecule has 174 valence electrons. The molecule has 6 nitrogen and oxygen atoms in total. The van der Waals surface area contributed by atoms with Gasteiger partial charge in [-0.2, -0.15) is 0 Å². The highest BCUT2D eigenvalue weighted by molar-refractivity contribution is 7.99. The topological polar surface area (TPSA) is 69.0 Å². The summed E-state index contributed by atoms with van der Waals surface area (Å²) >= 11 is 2.90. The van der Waals surface area contributed by atoms with Gasteiger partial charge in [-0.1, -0.05) is 54.2 Å². The van der Waals surface area contributed by atoms with Crippen molar-refractivity contribution in [1.82, 2.24) is 14.8 Å². The lowest BCUT2D eigenvalue weighted by Gasteiger charge is -2.12. The van der Waals surface area contributed by atoms with Crippen LogP contribution in [0.2, 0.25) is 0 Å². The van der Waals surface area contributed by atoms with E-state index in [1.165, 1.54) is 23.9 Å².